The van der Waals surface area contributed by atoms with E-state index in [-0.39, 0.29) is 18.1 Å². The Bertz CT molecular complexity index is 491. The largest absolute Gasteiger partial charge is 0.478 e. The topological polar surface area (TPSA) is 55.8 Å². The van der Waals surface area contributed by atoms with Gasteiger partial charge in [-0.3, -0.25) is 0 Å². The summed E-state index contributed by atoms with van der Waals surface area (Å²) in [4.78, 5) is 11.0. The summed E-state index contributed by atoms with van der Waals surface area (Å²) in [6, 6.07) is 6.93. The molecule has 0 aliphatic carbocycles. The van der Waals surface area contributed by atoms with Crippen molar-refractivity contribution in [3.63, 3.8) is 0 Å². The molecule has 1 rings (SSSR count). The fraction of sp³-hybridized carbons (Fsp3) is 0.400. The maximum atomic E-state index is 11.0. The number of rotatable bonds is 7. The summed E-state index contributed by atoms with van der Waals surface area (Å²) in [7, 11) is -1.37. The molecule has 0 heterocycles. The summed E-state index contributed by atoms with van der Waals surface area (Å²) in [6.07, 6.45) is 0. The molecule has 0 saturated carbocycles. The third kappa shape index (κ3) is 4.50. The maximum absolute atomic E-state index is 11.0. The number of hydrogen-bond donors (Lipinski definition) is 1. The Morgan fingerprint density at radius 2 is 1.95 bits per heavy atom. The molecule has 1 aromatic rings. The Morgan fingerprint density at radius 3 is 2.50 bits per heavy atom. The van der Waals surface area contributed by atoms with Gasteiger partial charge in [0.25, 0.3) is 0 Å². The van der Waals surface area contributed by atoms with Crippen molar-refractivity contribution in [2.24, 2.45) is 0 Å². The van der Waals surface area contributed by atoms with Crippen LogP contribution in [0.3, 0.4) is 0 Å². The highest BCUT2D eigenvalue weighted by Crippen LogP contribution is 2.25. The number of carboxylic acids is 1. The van der Waals surface area contributed by atoms with Crippen molar-refractivity contribution in [2.45, 2.75) is 32.3 Å². The van der Waals surface area contributed by atoms with E-state index >= 15 is 0 Å². The highest BCUT2D eigenvalue weighted by Gasteiger charge is 2.23. The van der Waals surface area contributed by atoms with E-state index in [0.717, 1.165) is 0 Å². The molecular formula is C15H22O4Si. The number of aliphatic carboxylic acids is 1. The van der Waals surface area contributed by atoms with Crippen molar-refractivity contribution in [3.8, 4) is 5.75 Å². The van der Waals surface area contributed by atoms with Crippen molar-refractivity contribution in [1.82, 2.24) is 0 Å². The van der Waals surface area contributed by atoms with E-state index in [0.29, 0.717) is 11.3 Å². The third-order valence-corrected chi connectivity index (χ3v) is 5.83. The molecule has 0 saturated heterocycles. The molecule has 0 amide bonds. The van der Waals surface area contributed by atoms with Crippen LogP contribution in [-0.4, -0.2) is 31.7 Å². The first kappa shape index (κ1) is 16.5. The summed E-state index contributed by atoms with van der Waals surface area (Å²) in [5.41, 5.74) is 0.653. The van der Waals surface area contributed by atoms with Crippen LogP contribution in [0.15, 0.2) is 30.8 Å². The summed E-state index contributed by atoms with van der Waals surface area (Å²) in [5.74, 6) is -0.583. The second-order valence-corrected chi connectivity index (χ2v) is 11.3. The number of benzene rings is 1. The van der Waals surface area contributed by atoms with Crippen LogP contribution in [0, 0.1) is 0 Å². The summed E-state index contributed by atoms with van der Waals surface area (Å²) in [6.45, 7) is 12.4. The number of para-hydroxylation sites is 1. The first-order chi connectivity index (χ1) is 9.23. The van der Waals surface area contributed by atoms with E-state index in [1.54, 1.807) is 24.3 Å². The molecule has 5 heteroatoms. The van der Waals surface area contributed by atoms with Crippen molar-refractivity contribution in [1.29, 1.82) is 0 Å². The van der Waals surface area contributed by atoms with Crippen LogP contribution < -0.4 is 4.74 Å². The monoisotopic (exact) mass is 294 g/mol. The van der Waals surface area contributed by atoms with Gasteiger partial charge < -0.3 is 14.6 Å². The zero-order chi connectivity index (χ0) is 15.3. The lowest BCUT2D eigenvalue weighted by Crippen LogP contribution is -2.38. The van der Waals surface area contributed by atoms with Gasteiger partial charge in [-0.05, 0) is 13.0 Å². The van der Waals surface area contributed by atoms with E-state index in [9.17, 15) is 4.79 Å². The molecule has 0 fully saturated rings. The van der Waals surface area contributed by atoms with Gasteiger partial charge >= 0.3 is 5.97 Å². The second kappa shape index (κ2) is 6.72. The molecule has 1 atom stereocenters. The molecule has 0 radical (unpaired) electrons. The summed E-state index contributed by atoms with van der Waals surface area (Å²) in [5, 5.41) is 9.00. The molecular weight excluding hydrogens is 272 g/mol. The third-order valence-electron chi connectivity index (χ3n) is 3.22. The molecule has 0 spiro atoms. The molecule has 20 heavy (non-hydrogen) atoms. The van der Waals surface area contributed by atoms with Crippen LogP contribution >= 0.6 is 0 Å². The number of hydrogen-bond acceptors (Lipinski definition) is 3. The van der Waals surface area contributed by atoms with Crippen LogP contribution in [0.1, 0.15) is 12.5 Å². The molecule has 110 valence electrons. The highest BCUT2D eigenvalue weighted by atomic mass is 28.3. The zero-order valence-corrected chi connectivity index (χ0v) is 13.5. The molecule has 0 aliphatic rings. The van der Waals surface area contributed by atoms with Gasteiger partial charge in [0, 0.05) is 11.3 Å². The average molecular weight is 294 g/mol. The summed E-state index contributed by atoms with van der Waals surface area (Å²) < 4.78 is 11.2. The van der Waals surface area contributed by atoms with Crippen LogP contribution in [0.25, 0.3) is 5.57 Å². The lowest BCUT2D eigenvalue weighted by atomic mass is 10.1. The summed E-state index contributed by atoms with van der Waals surface area (Å²) >= 11 is 0. The first-order valence-corrected chi connectivity index (χ1v) is 10.1. The molecule has 0 bridgehead atoms. The zero-order valence-electron chi connectivity index (χ0n) is 12.5. The van der Waals surface area contributed by atoms with Crippen molar-refractivity contribution in [3.05, 3.63) is 36.4 Å². The lowest BCUT2D eigenvalue weighted by Gasteiger charge is -2.25. The van der Waals surface area contributed by atoms with Gasteiger partial charge in [-0.15, -0.1) is 0 Å². The maximum Gasteiger partial charge on any atom is 0.335 e. The van der Waals surface area contributed by atoms with Gasteiger partial charge in [0.15, 0.2) is 6.79 Å². The highest BCUT2D eigenvalue weighted by molar-refractivity contribution is 6.77. The lowest BCUT2D eigenvalue weighted by molar-refractivity contribution is -0.130. The van der Waals surface area contributed by atoms with E-state index in [1.165, 1.54) is 0 Å². The minimum absolute atomic E-state index is 0.0128. The van der Waals surface area contributed by atoms with Gasteiger partial charge in [0.1, 0.15) is 5.75 Å². The number of carbonyl (C=O) groups is 1. The Labute approximate surface area is 121 Å². The fourth-order valence-electron chi connectivity index (χ4n) is 1.41. The van der Waals surface area contributed by atoms with Crippen LogP contribution in [0.4, 0.5) is 0 Å². The average Bonchev–Trinajstić information content (AvgIpc) is 2.37. The van der Waals surface area contributed by atoms with Gasteiger partial charge in [-0.2, -0.15) is 0 Å². The molecule has 0 aliphatic heterocycles. The first-order valence-electron chi connectivity index (χ1n) is 6.49. The van der Waals surface area contributed by atoms with E-state index in [4.69, 9.17) is 14.6 Å². The van der Waals surface area contributed by atoms with Gasteiger partial charge in [-0.25, -0.2) is 4.79 Å². The Balaban J connectivity index is 2.70. The standard InChI is InChI=1S/C15H22O4Si/c1-11(15(16)17)13-8-6-7-9-14(13)19-10-18-12(2)20(3,4)5/h6-9,12H,1,10H2,2-5H3,(H,16,17). The Hall–Kier alpha value is -1.59. The normalized spacial score (nSPS) is 12.8. The second-order valence-electron chi connectivity index (χ2n) is 5.72. The van der Waals surface area contributed by atoms with E-state index in [1.807, 2.05) is 6.92 Å². The smallest absolute Gasteiger partial charge is 0.335 e. The molecule has 0 aromatic heterocycles. The quantitative estimate of drug-likeness (QED) is 0.476. The van der Waals surface area contributed by atoms with Gasteiger partial charge in [-0.1, -0.05) is 44.4 Å². The minimum Gasteiger partial charge on any atom is -0.478 e. The van der Waals surface area contributed by atoms with Crippen molar-refractivity contribution >= 4 is 19.6 Å². The Kier molecular flexibility index (Phi) is 5.53. The van der Waals surface area contributed by atoms with Crippen LogP contribution in [-0.2, 0) is 9.53 Å². The SMILES string of the molecule is C=C(C(=O)O)c1ccccc1OCOC(C)[Si](C)(C)C. The molecule has 1 N–H and O–H groups in total. The minimum atomic E-state index is -1.37. The number of ether oxygens (including phenoxy) is 2. The number of carboxylic acid groups (broad SMARTS) is 1. The molecule has 1 aromatic carbocycles. The predicted molar refractivity (Wildman–Crippen MR) is 82.5 cm³/mol. The van der Waals surface area contributed by atoms with Crippen LogP contribution in [0.2, 0.25) is 19.6 Å². The fourth-order valence-corrected chi connectivity index (χ4v) is 1.97. The van der Waals surface area contributed by atoms with E-state index < -0.39 is 14.0 Å². The molecule has 4 nitrogen and oxygen atoms in total. The predicted octanol–water partition coefficient (Wildman–Crippen LogP) is 3.40. The van der Waals surface area contributed by atoms with Gasteiger partial charge in [0.2, 0.25) is 0 Å². The van der Waals surface area contributed by atoms with Crippen molar-refractivity contribution < 1.29 is 19.4 Å². The molecule has 1 unspecified atom stereocenters. The van der Waals surface area contributed by atoms with E-state index in [2.05, 4.69) is 26.2 Å². The van der Waals surface area contributed by atoms with Gasteiger partial charge in [0.05, 0.1) is 13.6 Å². The Morgan fingerprint density at radius 1 is 1.35 bits per heavy atom. The van der Waals surface area contributed by atoms with Crippen molar-refractivity contribution in [2.75, 3.05) is 6.79 Å². The van der Waals surface area contributed by atoms with Crippen LogP contribution in [0.5, 0.6) is 5.75 Å².